The third-order valence-corrected chi connectivity index (χ3v) is 5.17. The summed E-state index contributed by atoms with van der Waals surface area (Å²) in [4.78, 5) is 13.3. The molecule has 0 radical (unpaired) electrons. The number of nitrogens with zero attached hydrogens (tertiary/aromatic N) is 3. The van der Waals surface area contributed by atoms with E-state index in [0.29, 0.717) is 11.9 Å². The van der Waals surface area contributed by atoms with Crippen LogP contribution in [-0.4, -0.2) is 34.3 Å². The molecule has 20 heavy (non-hydrogen) atoms. The van der Waals surface area contributed by atoms with Crippen LogP contribution < -0.4 is 10.6 Å². The molecule has 1 fully saturated rings. The van der Waals surface area contributed by atoms with E-state index in [4.69, 9.17) is 5.73 Å². The van der Waals surface area contributed by atoms with Crippen LogP contribution in [0, 0.1) is 5.92 Å². The summed E-state index contributed by atoms with van der Waals surface area (Å²) < 4.78 is 0. The normalized spacial score (nSPS) is 20.8. The molecule has 3 heterocycles. The van der Waals surface area contributed by atoms with Gasteiger partial charge in [-0.2, -0.15) is 4.98 Å². The van der Waals surface area contributed by atoms with Gasteiger partial charge >= 0.3 is 0 Å². The highest BCUT2D eigenvalue weighted by Crippen LogP contribution is 2.34. The SMILES string of the molecule is CCc1cc2c(N3CCC(C(C)O)C3)nc(N)nc2s1. The second-order valence-electron chi connectivity index (χ2n) is 5.43. The summed E-state index contributed by atoms with van der Waals surface area (Å²) >= 11 is 1.68. The fraction of sp³-hybridized carbons (Fsp3) is 0.571. The number of aryl methyl sites for hydroxylation is 1. The third kappa shape index (κ3) is 2.33. The number of hydrogen-bond acceptors (Lipinski definition) is 6. The van der Waals surface area contributed by atoms with Gasteiger partial charge in [-0.1, -0.05) is 6.92 Å². The Kier molecular flexibility index (Phi) is 3.52. The van der Waals surface area contributed by atoms with Gasteiger partial charge in [0.15, 0.2) is 0 Å². The van der Waals surface area contributed by atoms with E-state index in [9.17, 15) is 5.11 Å². The van der Waals surface area contributed by atoms with Crippen molar-refractivity contribution in [3.05, 3.63) is 10.9 Å². The predicted octanol–water partition coefficient (Wildman–Crippen LogP) is 2.04. The van der Waals surface area contributed by atoms with Crippen molar-refractivity contribution in [1.82, 2.24) is 9.97 Å². The van der Waals surface area contributed by atoms with E-state index >= 15 is 0 Å². The van der Waals surface area contributed by atoms with Crippen LogP contribution in [0.5, 0.6) is 0 Å². The van der Waals surface area contributed by atoms with Gasteiger partial charge in [-0.3, -0.25) is 0 Å². The zero-order valence-electron chi connectivity index (χ0n) is 11.8. The van der Waals surface area contributed by atoms with E-state index in [1.165, 1.54) is 4.88 Å². The Hall–Kier alpha value is -1.40. The number of rotatable bonds is 3. The van der Waals surface area contributed by atoms with Crippen LogP contribution >= 0.6 is 11.3 Å². The maximum atomic E-state index is 9.74. The number of nitrogens with two attached hydrogens (primary N) is 1. The lowest BCUT2D eigenvalue weighted by atomic mass is 10.0. The molecule has 2 aromatic rings. The van der Waals surface area contributed by atoms with Gasteiger partial charge < -0.3 is 15.7 Å². The predicted molar refractivity (Wildman–Crippen MR) is 83.2 cm³/mol. The van der Waals surface area contributed by atoms with E-state index < -0.39 is 0 Å². The molecular formula is C14H20N4OS. The van der Waals surface area contributed by atoms with Crippen molar-refractivity contribution in [1.29, 1.82) is 0 Å². The minimum Gasteiger partial charge on any atom is -0.393 e. The van der Waals surface area contributed by atoms with Crippen LogP contribution in [0.4, 0.5) is 11.8 Å². The van der Waals surface area contributed by atoms with Gasteiger partial charge in [0, 0.05) is 23.9 Å². The highest BCUT2D eigenvalue weighted by molar-refractivity contribution is 7.18. The second kappa shape index (κ2) is 5.18. The lowest BCUT2D eigenvalue weighted by Gasteiger charge is -2.19. The Morgan fingerprint density at radius 3 is 3.00 bits per heavy atom. The Bertz CT molecular complexity index is 625. The Labute approximate surface area is 122 Å². The first kappa shape index (κ1) is 13.6. The molecule has 2 unspecified atom stereocenters. The monoisotopic (exact) mass is 292 g/mol. The summed E-state index contributed by atoms with van der Waals surface area (Å²) in [6.45, 7) is 5.75. The van der Waals surface area contributed by atoms with E-state index in [0.717, 1.165) is 42.0 Å². The maximum Gasteiger partial charge on any atom is 0.223 e. The van der Waals surface area contributed by atoms with Crippen molar-refractivity contribution < 1.29 is 5.11 Å². The van der Waals surface area contributed by atoms with Crippen LogP contribution in [0.15, 0.2) is 6.07 Å². The first-order valence-corrected chi connectivity index (χ1v) is 7.89. The molecule has 2 aromatic heterocycles. The molecule has 1 aliphatic rings. The highest BCUT2D eigenvalue weighted by Gasteiger charge is 2.28. The molecule has 0 aliphatic carbocycles. The Balaban J connectivity index is 2.00. The molecular weight excluding hydrogens is 272 g/mol. The van der Waals surface area contributed by atoms with Gasteiger partial charge in [0.1, 0.15) is 10.6 Å². The number of hydrogen-bond donors (Lipinski definition) is 2. The average molecular weight is 292 g/mol. The molecule has 0 amide bonds. The van der Waals surface area contributed by atoms with Crippen LogP contribution in [0.3, 0.4) is 0 Å². The number of nitrogen functional groups attached to an aromatic ring is 1. The van der Waals surface area contributed by atoms with Gasteiger partial charge in [-0.15, -0.1) is 11.3 Å². The summed E-state index contributed by atoms with van der Waals surface area (Å²) in [6, 6.07) is 2.17. The van der Waals surface area contributed by atoms with Crippen LogP contribution in [0.1, 0.15) is 25.1 Å². The van der Waals surface area contributed by atoms with Crippen molar-refractivity contribution in [2.75, 3.05) is 23.7 Å². The summed E-state index contributed by atoms with van der Waals surface area (Å²) in [5, 5.41) is 10.8. The third-order valence-electron chi connectivity index (χ3n) is 4.00. The quantitative estimate of drug-likeness (QED) is 0.905. The maximum absolute atomic E-state index is 9.74. The number of aliphatic hydroxyl groups excluding tert-OH is 1. The van der Waals surface area contributed by atoms with Crippen molar-refractivity contribution in [3.63, 3.8) is 0 Å². The van der Waals surface area contributed by atoms with E-state index in [-0.39, 0.29) is 6.10 Å². The zero-order valence-corrected chi connectivity index (χ0v) is 12.7. The van der Waals surface area contributed by atoms with E-state index in [1.54, 1.807) is 11.3 Å². The lowest BCUT2D eigenvalue weighted by molar-refractivity contribution is 0.136. The van der Waals surface area contributed by atoms with Gasteiger partial charge in [-0.05, 0) is 25.8 Å². The molecule has 0 aromatic carbocycles. The molecule has 0 saturated carbocycles. The first-order valence-electron chi connectivity index (χ1n) is 7.07. The molecule has 0 spiro atoms. The molecule has 3 N–H and O–H groups in total. The van der Waals surface area contributed by atoms with Gasteiger partial charge in [-0.25, -0.2) is 4.98 Å². The number of fused-ring (bicyclic) bond motifs is 1. The lowest BCUT2D eigenvalue weighted by Crippen LogP contribution is -2.25. The second-order valence-corrected chi connectivity index (χ2v) is 6.54. The van der Waals surface area contributed by atoms with Crippen molar-refractivity contribution in [3.8, 4) is 0 Å². The van der Waals surface area contributed by atoms with Gasteiger partial charge in [0.05, 0.1) is 11.5 Å². The molecule has 1 saturated heterocycles. The van der Waals surface area contributed by atoms with Crippen LogP contribution in [0.2, 0.25) is 0 Å². The molecule has 2 atom stereocenters. The number of thiophene rings is 1. The largest absolute Gasteiger partial charge is 0.393 e. The molecule has 1 aliphatic heterocycles. The number of aliphatic hydroxyl groups is 1. The summed E-state index contributed by atoms with van der Waals surface area (Å²) in [7, 11) is 0. The standard InChI is InChI=1S/C14H20N4OS/c1-3-10-6-11-12(16-14(15)17-13(11)20-10)18-5-4-9(7-18)8(2)19/h6,8-9,19H,3-5,7H2,1-2H3,(H2,15,16,17). The zero-order chi connectivity index (χ0) is 14.3. The summed E-state index contributed by atoms with van der Waals surface area (Å²) in [6.07, 6.45) is 1.72. The van der Waals surface area contributed by atoms with Crippen LogP contribution in [-0.2, 0) is 6.42 Å². The fourth-order valence-electron chi connectivity index (χ4n) is 2.76. The molecule has 6 heteroatoms. The topological polar surface area (TPSA) is 75.3 Å². The molecule has 5 nitrogen and oxygen atoms in total. The first-order chi connectivity index (χ1) is 9.58. The minimum absolute atomic E-state index is 0.275. The summed E-state index contributed by atoms with van der Waals surface area (Å²) in [5.74, 6) is 1.56. The Morgan fingerprint density at radius 1 is 1.55 bits per heavy atom. The van der Waals surface area contributed by atoms with E-state index in [1.807, 2.05) is 6.92 Å². The van der Waals surface area contributed by atoms with Crippen molar-refractivity contribution in [2.24, 2.45) is 5.92 Å². The van der Waals surface area contributed by atoms with Crippen LogP contribution in [0.25, 0.3) is 10.2 Å². The van der Waals surface area contributed by atoms with Crippen molar-refractivity contribution in [2.45, 2.75) is 32.8 Å². The smallest absolute Gasteiger partial charge is 0.223 e. The van der Waals surface area contributed by atoms with Crippen molar-refractivity contribution >= 4 is 33.3 Å². The fourth-order valence-corrected chi connectivity index (χ4v) is 3.73. The highest BCUT2D eigenvalue weighted by atomic mass is 32.1. The molecule has 108 valence electrons. The molecule has 3 rings (SSSR count). The number of aromatic nitrogens is 2. The summed E-state index contributed by atoms with van der Waals surface area (Å²) in [5.41, 5.74) is 5.85. The van der Waals surface area contributed by atoms with Gasteiger partial charge in [0.25, 0.3) is 0 Å². The van der Waals surface area contributed by atoms with E-state index in [2.05, 4.69) is 27.9 Å². The van der Waals surface area contributed by atoms with Gasteiger partial charge in [0.2, 0.25) is 5.95 Å². The number of anilines is 2. The molecule has 0 bridgehead atoms. The average Bonchev–Trinajstić information content (AvgIpc) is 3.03. The minimum atomic E-state index is -0.275. The Morgan fingerprint density at radius 2 is 2.35 bits per heavy atom.